The molecule has 0 spiro atoms. The van der Waals surface area contributed by atoms with Gasteiger partial charge in [-0.15, -0.1) is 0 Å². The molecular formula is C20H23NO4. The molecule has 1 heterocycles. The predicted octanol–water partition coefficient (Wildman–Crippen LogP) is 3.53. The Hall–Kier alpha value is -2.53. The van der Waals surface area contributed by atoms with E-state index in [0.29, 0.717) is 23.6 Å². The maximum atomic E-state index is 13.2. The maximum Gasteiger partial charge on any atom is 0.258 e. The largest absolute Gasteiger partial charge is 0.497 e. The number of anilines is 1. The van der Waals surface area contributed by atoms with Crippen LogP contribution in [0.1, 0.15) is 23.2 Å². The van der Waals surface area contributed by atoms with Crippen LogP contribution in [0.3, 0.4) is 0 Å². The van der Waals surface area contributed by atoms with Crippen molar-refractivity contribution in [3.63, 3.8) is 0 Å². The number of carbonyl (C=O) groups is 1. The molecule has 1 saturated heterocycles. The Morgan fingerprint density at radius 3 is 2.36 bits per heavy atom. The summed E-state index contributed by atoms with van der Waals surface area (Å²) in [5, 5.41) is 0. The third kappa shape index (κ3) is 4.12. The normalized spacial score (nSPS) is 16.5. The minimum Gasteiger partial charge on any atom is -0.497 e. The Morgan fingerprint density at radius 2 is 1.80 bits per heavy atom. The first-order valence-electron chi connectivity index (χ1n) is 8.43. The molecule has 0 radical (unpaired) electrons. The molecule has 2 aromatic carbocycles. The van der Waals surface area contributed by atoms with Gasteiger partial charge in [0.2, 0.25) is 0 Å². The molecule has 0 bridgehead atoms. The number of ether oxygens (including phenoxy) is 3. The molecule has 1 amide bonds. The first-order valence-corrected chi connectivity index (χ1v) is 8.43. The average Bonchev–Trinajstić information content (AvgIpc) is 3.19. The molecule has 2 aromatic rings. The molecule has 5 nitrogen and oxygen atoms in total. The SMILES string of the molecule is COc1cc(OC)cc(C(=O)N(CC2CCCO2)c2ccccc2)c1. The van der Waals surface area contributed by atoms with Crippen molar-refractivity contribution in [2.45, 2.75) is 18.9 Å². The van der Waals surface area contributed by atoms with Crippen molar-refractivity contribution in [3.8, 4) is 11.5 Å². The Morgan fingerprint density at radius 1 is 1.12 bits per heavy atom. The monoisotopic (exact) mass is 341 g/mol. The number of amides is 1. The zero-order chi connectivity index (χ0) is 17.6. The summed E-state index contributed by atoms with van der Waals surface area (Å²) in [7, 11) is 3.15. The molecule has 1 fully saturated rings. The van der Waals surface area contributed by atoms with Crippen LogP contribution in [0.5, 0.6) is 11.5 Å². The van der Waals surface area contributed by atoms with Crippen molar-refractivity contribution in [2.24, 2.45) is 0 Å². The van der Waals surface area contributed by atoms with Crippen LogP contribution in [0.4, 0.5) is 5.69 Å². The Balaban J connectivity index is 1.93. The standard InChI is InChI=1S/C20H23NO4/c1-23-18-11-15(12-19(13-18)24-2)20(22)21(14-17-9-6-10-25-17)16-7-4-3-5-8-16/h3-5,7-8,11-13,17H,6,9-10,14H2,1-2H3. The molecule has 0 aromatic heterocycles. The molecule has 25 heavy (non-hydrogen) atoms. The molecule has 132 valence electrons. The van der Waals surface area contributed by atoms with E-state index in [0.717, 1.165) is 25.1 Å². The van der Waals surface area contributed by atoms with E-state index >= 15 is 0 Å². The fourth-order valence-electron chi connectivity index (χ4n) is 2.99. The van der Waals surface area contributed by atoms with Gasteiger partial charge < -0.3 is 19.1 Å². The molecule has 1 aliphatic rings. The van der Waals surface area contributed by atoms with Crippen molar-refractivity contribution in [2.75, 3.05) is 32.3 Å². The summed E-state index contributed by atoms with van der Waals surface area (Å²) < 4.78 is 16.3. The molecule has 0 N–H and O–H groups in total. The number of methoxy groups -OCH3 is 2. The summed E-state index contributed by atoms with van der Waals surface area (Å²) in [6.07, 6.45) is 2.07. The van der Waals surface area contributed by atoms with Gasteiger partial charge in [-0.05, 0) is 37.1 Å². The van der Waals surface area contributed by atoms with E-state index in [1.165, 1.54) is 0 Å². The average molecular weight is 341 g/mol. The van der Waals surface area contributed by atoms with Crippen LogP contribution in [0.15, 0.2) is 48.5 Å². The summed E-state index contributed by atoms with van der Waals surface area (Å²) in [5.41, 5.74) is 1.38. The summed E-state index contributed by atoms with van der Waals surface area (Å²) in [6, 6.07) is 14.9. The van der Waals surface area contributed by atoms with Gasteiger partial charge in [0, 0.05) is 23.9 Å². The van der Waals surface area contributed by atoms with Gasteiger partial charge >= 0.3 is 0 Å². The van der Waals surface area contributed by atoms with E-state index in [1.807, 2.05) is 30.3 Å². The zero-order valence-electron chi connectivity index (χ0n) is 14.6. The lowest BCUT2D eigenvalue weighted by atomic mass is 10.1. The Kier molecular flexibility index (Phi) is 5.56. The predicted molar refractivity (Wildman–Crippen MR) is 96.6 cm³/mol. The van der Waals surface area contributed by atoms with Gasteiger partial charge in [0.25, 0.3) is 5.91 Å². The third-order valence-electron chi connectivity index (χ3n) is 4.32. The third-order valence-corrected chi connectivity index (χ3v) is 4.32. The number of hydrogen-bond acceptors (Lipinski definition) is 4. The van der Waals surface area contributed by atoms with Gasteiger partial charge in [-0.1, -0.05) is 18.2 Å². The van der Waals surface area contributed by atoms with Crippen LogP contribution in [-0.4, -0.2) is 39.4 Å². The number of nitrogens with zero attached hydrogens (tertiary/aromatic N) is 1. The Labute approximate surface area is 148 Å². The highest BCUT2D eigenvalue weighted by Gasteiger charge is 2.25. The highest BCUT2D eigenvalue weighted by Crippen LogP contribution is 2.26. The summed E-state index contributed by atoms with van der Waals surface area (Å²) in [4.78, 5) is 15.0. The van der Waals surface area contributed by atoms with E-state index < -0.39 is 0 Å². The lowest BCUT2D eigenvalue weighted by Gasteiger charge is -2.26. The van der Waals surface area contributed by atoms with Crippen LogP contribution in [0.25, 0.3) is 0 Å². The quantitative estimate of drug-likeness (QED) is 0.806. The van der Waals surface area contributed by atoms with Gasteiger partial charge in [-0.3, -0.25) is 4.79 Å². The van der Waals surface area contributed by atoms with Gasteiger partial charge in [0.05, 0.1) is 26.9 Å². The molecule has 1 atom stereocenters. The van der Waals surface area contributed by atoms with Gasteiger partial charge in [0.1, 0.15) is 11.5 Å². The van der Waals surface area contributed by atoms with E-state index in [4.69, 9.17) is 14.2 Å². The summed E-state index contributed by atoms with van der Waals surface area (Å²) in [5.74, 6) is 1.08. The highest BCUT2D eigenvalue weighted by atomic mass is 16.5. The summed E-state index contributed by atoms with van der Waals surface area (Å²) in [6.45, 7) is 1.29. The van der Waals surface area contributed by atoms with Crippen LogP contribution in [0.2, 0.25) is 0 Å². The second kappa shape index (κ2) is 8.03. The number of benzene rings is 2. The second-order valence-electron chi connectivity index (χ2n) is 5.99. The lowest BCUT2D eigenvalue weighted by Crippen LogP contribution is -2.37. The molecule has 5 heteroatoms. The summed E-state index contributed by atoms with van der Waals surface area (Å²) >= 11 is 0. The molecule has 1 aliphatic heterocycles. The highest BCUT2D eigenvalue weighted by molar-refractivity contribution is 6.06. The van der Waals surface area contributed by atoms with Gasteiger partial charge in [-0.25, -0.2) is 0 Å². The van der Waals surface area contributed by atoms with Crippen LogP contribution < -0.4 is 14.4 Å². The molecule has 0 aliphatic carbocycles. The van der Waals surface area contributed by atoms with Crippen LogP contribution >= 0.6 is 0 Å². The first-order chi connectivity index (χ1) is 12.2. The topological polar surface area (TPSA) is 48.0 Å². The first kappa shape index (κ1) is 17.3. The maximum absolute atomic E-state index is 13.2. The van der Waals surface area contributed by atoms with Gasteiger partial charge in [0.15, 0.2) is 0 Å². The van der Waals surface area contributed by atoms with Crippen molar-refractivity contribution < 1.29 is 19.0 Å². The fourth-order valence-corrected chi connectivity index (χ4v) is 2.99. The lowest BCUT2D eigenvalue weighted by molar-refractivity contribution is 0.0917. The van der Waals surface area contributed by atoms with E-state index in [1.54, 1.807) is 37.3 Å². The minimum absolute atomic E-state index is 0.0664. The van der Waals surface area contributed by atoms with Crippen molar-refractivity contribution in [1.82, 2.24) is 0 Å². The fraction of sp³-hybridized carbons (Fsp3) is 0.350. The van der Waals surface area contributed by atoms with Crippen LogP contribution in [-0.2, 0) is 4.74 Å². The molecule has 3 rings (SSSR count). The molecular weight excluding hydrogens is 318 g/mol. The van der Waals surface area contributed by atoms with Crippen molar-refractivity contribution in [3.05, 3.63) is 54.1 Å². The van der Waals surface area contributed by atoms with E-state index in [2.05, 4.69) is 0 Å². The van der Waals surface area contributed by atoms with Crippen molar-refractivity contribution in [1.29, 1.82) is 0 Å². The Bertz CT molecular complexity index is 689. The number of carbonyl (C=O) groups excluding carboxylic acids is 1. The number of hydrogen-bond donors (Lipinski definition) is 0. The van der Waals surface area contributed by atoms with E-state index in [9.17, 15) is 4.79 Å². The number of para-hydroxylation sites is 1. The zero-order valence-corrected chi connectivity index (χ0v) is 14.6. The minimum atomic E-state index is -0.0982. The van der Waals surface area contributed by atoms with Gasteiger partial charge in [-0.2, -0.15) is 0 Å². The number of rotatable bonds is 6. The van der Waals surface area contributed by atoms with Crippen LogP contribution in [0, 0.1) is 0 Å². The van der Waals surface area contributed by atoms with E-state index in [-0.39, 0.29) is 12.0 Å². The molecule has 1 unspecified atom stereocenters. The van der Waals surface area contributed by atoms with Crippen molar-refractivity contribution >= 4 is 11.6 Å². The molecule has 0 saturated carbocycles. The smallest absolute Gasteiger partial charge is 0.258 e. The second-order valence-corrected chi connectivity index (χ2v) is 5.99.